The molecule has 1 aromatic carbocycles. The number of rotatable bonds is 5. The Hall–Kier alpha value is -0.620. The molecule has 0 fully saturated rings. The topological polar surface area (TPSA) is 63.4 Å². The summed E-state index contributed by atoms with van der Waals surface area (Å²) < 4.78 is 25.6. The highest BCUT2D eigenvalue weighted by Crippen LogP contribution is 2.22. The highest BCUT2D eigenvalue weighted by Gasteiger charge is 2.20. The Bertz CT molecular complexity index is 488. The lowest BCUT2D eigenvalue weighted by Crippen LogP contribution is -2.27. The van der Waals surface area contributed by atoms with Crippen LogP contribution < -0.4 is 5.73 Å². The Labute approximate surface area is 107 Å². The van der Waals surface area contributed by atoms with Crippen LogP contribution in [0.2, 0.25) is 5.02 Å². The Morgan fingerprint density at radius 3 is 2.59 bits per heavy atom. The molecular formula is C11H17ClN2O2S. The lowest BCUT2D eigenvalue weighted by atomic mass is 10.2. The van der Waals surface area contributed by atoms with Crippen LogP contribution in [0.3, 0.4) is 0 Å². The van der Waals surface area contributed by atoms with Crippen molar-refractivity contribution in [2.75, 3.05) is 13.6 Å². The van der Waals surface area contributed by atoms with Gasteiger partial charge in [-0.3, -0.25) is 0 Å². The van der Waals surface area contributed by atoms with Crippen molar-refractivity contribution in [3.8, 4) is 0 Å². The first-order valence-corrected chi connectivity index (χ1v) is 7.20. The molecule has 0 heterocycles. The maximum Gasteiger partial charge on any atom is 0.242 e. The van der Waals surface area contributed by atoms with Crippen LogP contribution in [0.15, 0.2) is 23.1 Å². The van der Waals surface area contributed by atoms with E-state index in [9.17, 15) is 8.42 Å². The largest absolute Gasteiger partial charge is 0.326 e. The van der Waals surface area contributed by atoms with E-state index in [-0.39, 0.29) is 11.4 Å². The van der Waals surface area contributed by atoms with E-state index in [1.165, 1.54) is 16.4 Å². The zero-order valence-electron chi connectivity index (χ0n) is 9.98. The first kappa shape index (κ1) is 14.4. The molecule has 0 aromatic heterocycles. The van der Waals surface area contributed by atoms with Gasteiger partial charge in [-0.2, -0.15) is 0 Å². The summed E-state index contributed by atoms with van der Waals surface area (Å²) in [6.07, 6.45) is 0.771. The molecule has 0 saturated carbocycles. The molecule has 0 unspecified atom stereocenters. The lowest BCUT2D eigenvalue weighted by Gasteiger charge is -2.16. The van der Waals surface area contributed by atoms with Crippen LogP contribution in [0, 0.1) is 0 Å². The minimum Gasteiger partial charge on any atom is -0.326 e. The predicted octanol–water partition coefficient (Wildman–Crippen LogP) is 1.83. The van der Waals surface area contributed by atoms with Gasteiger partial charge in [0.05, 0.1) is 4.90 Å². The van der Waals surface area contributed by atoms with E-state index in [1.807, 2.05) is 6.92 Å². The molecule has 0 spiro atoms. The van der Waals surface area contributed by atoms with Gasteiger partial charge in [0.1, 0.15) is 0 Å². The van der Waals surface area contributed by atoms with E-state index >= 15 is 0 Å². The highest BCUT2D eigenvalue weighted by atomic mass is 35.5. The summed E-state index contributed by atoms with van der Waals surface area (Å²) in [5, 5.41) is 0.490. The van der Waals surface area contributed by atoms with Crippen molar-refractivity contribution in [2.45, 2.75) is 24.8 Å². The fraction of sp³-hybridized carbons (Fsp3) is 0.455. The van der Waals surface area contributed by atoms with Crippen molar-refractivity contribution in [1.82, 2.24) is 4.31 Å². The summed E-state index contributed by atoms with van der Waals surface area (Å²) >= 11 is 5.90. The van der Waals surface area contributed by atoms with Gasteiger partial charge in [0.15, 0.2) is 0 Å². The minimum atomic E-state index is -3.43. The van der Waals surface area contributed by atoms with E-state index in [2.05, 4.69) is 0 Å². The van der Waals surface area contributed by atoms with Crippen LogP contribution in [0.1, 0.15) is 18.9 Å². The lowest BCUT2D eigenvalue weighted by molar-refractivity contribution is 0.468. The third-order valence-electron chi connectivity index (χ3n) is 2.48. The normalized spacial score (nSPS) is 12.1. The van der Waals surface area contributed by atoms with Crippen LogP contribution >= 0.6 is 11.6 Å². The van der Waals surface area contributed by atoms with Crippen molar-refractivity contribution < 1.29 is 8.42 Å². The first-order chi connectivity index (χ1) is 7.93. The quantitative estimate of drug-likeness (QED) is 0.892. The molecule has 0 atom stereocenters. The monoisotopic (exact) mass is 276 g/mol. The molecule has 96 valence electrons. The molecule has 1 rings (SSSR count). The number of halogens is 1. The Morgan fingerprint density at radius 1 is 1.41 bits per heavy atom. The van der Waals surface area contributed by atoms with E-state index < -0.39 is 10.0 Å². The van der Waals surface area contributed by atoms with Gasteiger partial charge in [0.25, 0.3) is 0 Å². The Kier molecular flexibility index (Phi) is 4.94. The molecule has 2 N–H and O–H groups in total. The smallest absolute Gasteiger partial charge is 0.242 e. The maximum absolute atomic E-state index is 12.1. The second kappa shape index (κ2) is 5.82. The second-order valence-electron chi connectivity index (χ2n) is 3.78. The summed E-state index contributed by atoms with van der Waals surface area (Å²) in [7, 11) is -1.87. The van der Waals surface area contributed by atoms with Gasteiger partial charge in [0.2, 0.25) is 10.0 Å². The van der Waals surface area contributed by atoms with Crippen LogP contribution in [0.5, 0.6) is 0 Å². The van der Waals surface area contributed by atoms with Crippen LogP contribution in [-0.4, -0.2) is 26.3 Å². The summed E-state index contributed by atoms with van der Waals surface area (Å²) in [6, 6.07) is 4.60. The number of benzene rings is 1. The van der Waals surface area contributed by atoms with Gasteiger partial charge >= 0.3 is 0 Å². The standard InChI is InChI=1S/C11H17ClN2O2S/c1-3-6-14(2)17(15,16)10-4-5-11(12)9(7-10)8-13/h4-5,7H,3,6,8,13H2,1-2H3. The molecule has 17 heavy (non-hydrogen) atoms. The van der Waals surface area contributed by atoms with Crippen LogP contribution in [0.25, 0.3) is 0 Å². The number of sulfonamides is 1. The van der Waals surface area contributed by atoms with Crippen molar-refractivity contribution in [2.24, 2.45) is 5.73 Å². The number of hydrogen-bond acceptors (Lipinski definition) is 3. The third-order valence-corrected chi connectivity index (χ3v) is 4.71. The zero-order valence-corrected chi connectivity index (χ0v) is 11.6. The predicted molar refractivity (Wildman–Crippen MR) is 69.5 cm³/mol. The molecule has 0 amide bonds. The molecule has 1 aromatic rings. The van der Waals surface area contributed by atoms with Gasteiger partial charge in [0, 0.05) is 25.2 Å². The van der Waals surface area contributed by atoms with Crippen LogP contribution in [-0.2, 0) is 16.6 Å². The molecule has 0 aliphatic rings. The number of nitrogens with two attached hydrogens (primary N) is 1. The summed E-state index contributed by atoms with van der Waals surface area (Å²) in [5.41, 5.74) is 6.14. The molecule has 0 saturated heterocycles. The maximum atomic E-state index is 12.1. The molecule has 4 nitrogen and oxygen atoms in total. The SMILES string of the molecule is CCCN(C)S(=O)(=O)c1ccc(Cl)c(CN)c1. The average molecular weight is 277 g/mol. The summed E-state index contributed by atoms with van der Waals surface area (Å²) in [4.78, 5) is 0.235. The number of hydrogen-bond donors (Lipinski definition) is 1. The van der Waals surface area contributed by atoms with E-state index in [1.54, 1.807) is 13.1 Å². The molecule has 6 heteroatoms. The van der Waals surface area contributed by atoms with E-state index in [0.29, 0.717) is 17.1 Å². The Balaban J connectivity index is 3.15. The fourth-order valence-electron chi connectivity index (χ4n) is 1.48. The highest BCUT2D eigenvalue weighted by molar-refractivity contribution is 7.89. The van der Waals surface area contributed by atoms with Crippen molar-refractivity contribution in [3.05, 3.63) is 28.8 Å². The first-order valence-electron chi connectivity index (χ1n) is 5.38. The van der Waals surface area contributed by atoms with E-state index in [4.69, 9.17) is 17.3 Å². The van der Waals surface area contributed by atoms with Gasteiger partial charge in [-0.15, -0.1) is 0 Å². The summed E-state index contributed by atoms with van der Waals surface area (Å²) in [6.45, 7) is 2.64. The number of nitrogens with zero attached hydrogens (tertiary/aromatic N) is 1. The molecule has 0 radical (unpaired) electrons. The minimum absolute atomic E-state index is 0.222. The van der Waals surface area contributed by atoms with Crippen molar-refractivity contribution in [1.29, 1.82) is 0 Å². The van der Waals surface area contributed by atoms with Gasteiger partial charge in [-0.1, -0.05) is 18.5 Å². The third kappa shape index (κ3) is 3.19. The molecule has 0 bridgehead atoms. The molecular weight excluding hydrogens is 260 g/mol. The molecule has 0 aliphatic carbocycles. The van der Waals surface area contributed by atoms with Gasteiger partial charge in [-0.05, 0) is 30.2 Å². The fourth-order valence-corrected chi connectivity index (χ4v) is 2.99. The van der Waals surface area contributed by atoms with E-state index in [0.717, 1.165) is 6.42 Å². The molecule has 0 aliphatic heterocycles. The second-order valence-corrected chi connectivity index (χ2v) is 6.24. The van der Waals surface area contributed by atoms with Crippen molar-refractivity contribution in [3.63, 3.8) is 0 Å². The average Bonchev–Trinajstić information content (AvgIpc) is 2.29. The van der Waals surface area contributed by atoms with Gasteiger partial charge in [-0.25, -0.2) is 12.7 Å². The van der Waals surface area contributed by atoms with Gasteiger partial charge < -0.3 is 5.73 Å². The van der Waals surface area contributed by atoms with Crippen LogP contribution in [0.4, 0.5) is 0 Å². The summed E-state index contributed by atoms with van der Waals surface area (Å²) in [5.74, 6) is 0. The Morgan fingerprint density at radius 2 is 2.06 bits per heavy atom. The zero-order chi connectivity index (χ0) is 13.1. The van der Waals surface area contributed by atoms with Crippen molar-refractivity contribution >= 4 is 21.6 Å².